The van der Waals surface area contributed by atoms with Crippen molar-refractivity contribution in [3.05, 3.63) is 0 Å². The standard InChI is InChI=1S/C13H26O6S/c1-2-3-4-5-6-7-8-9-10-12(13(14)15)11-19-20(16,17)18/h12H,2-11H2,1H3,(H,14,15)(H,16,17,18). The molecule has 1 unspecified atom stereocenters. The minimum absolute atomic E-state index is 0.361. The third kappa shape index (κ3) is 12.4. The van der Waals surface area contributed by atoms with E-state index in [1.54, 1.807) is 0 Å². The molecule has 0 aliphatic rings. The summed E-state index contributed by atoms with van der Waals surface area (Å²) in [6.07, 6.45) is 9.16. The summed E-state index contributed by atoms with van der Waals surface area (Å²) in [5.74, 6) is -1.99. The number of carboxylic acids is 1. The van der Waals surface area contributed by atoms with Gasteiger partial charge in [0.05, 0.1) is 12.5 Å². The fourth-order valence-electron chi connectivity index (χ4n) is 1.97. The van der Waals surface area contributed by atoms with E-state index in [0.29, 0.717) is 6.42 Å². The molecule has 0 aromatic rings. The van der Waals surface area contributed by atoms with Crippen molar-refractivity contribution in [2.45, 2.75) is 64.7 Å². The van der Waals surface area contributed by atoms with Gasteiger partial charge in [-0.3, -0.25) is 9.35 Å². The summed E-state index contributed by atoms with van der Waals surface area (Å²) in [6, 6.07) is 0. The molecule has 0 aliphatic carbocycles. The summed E-state index contributed by atoms with van der Waals surface area (Å²) in [5, 5.41) is 8.91. The number of hydrogen-bond acceptors (Lipinski definition) is 4. The van der Waals surface area contributed by atoms with Crippen molar-refractivity contribution in [1.82, 2.24) is 0 Å². The first-order valence-electron chi connectivity index (χ1n) is 7.21. The summed E-state index contributed by atoms with van der Waals surface area (Å²) in [7, 11) is -4.56. The van der Waals surface area contributed by atoms with Crippen LogP contribution in [-0.4, -0.2) is 30.7 Å². The molecule has 0 radical (unpaired) electrons. The molecule has 7 heteroatoms. The van der Waals surface area contributed by atoms with E-state index < -0.39 is 28.9 Å². The van der Waals surface area contributed by atoms with Crippen molar-refractivity contribution in [2.75, 3.05) is 6.61 Å². The van der Waals surface area contributed by atoms with Crippen LogP contribution < -0.4 is 0 Å². The van der Waals surface area contributed by atoms with Crippen LogP contribution in [0.4, 0.5) is 0 Å². The lowest BCUT2D eigenvalue weighted by molar-refractivity contribution is -0.143. The van der Waals surface area contributed by atoms with Crippen molar-refractivity contribution in [3.8, 4) is 0 Å². The van der Waals surface area contributed by atoms with Gasteiger partial charge in [0.1, 0.15) is 0 Å². The molecule has 0 aromatic carbocycles. The summed E-state index contributed by atoms with van der Waals surface area (Å²) in [5.41, 5.74) is 0. The topological polar surface area (TPSA) is 101 Å². The Bertz CT molecular complexity index is 352. The molecule has 0 heterocycles. The smallest absolute Gasteiger partial charge is 0.397 e. The molecule has 1 atom stereocenters. The van der Waals surface area contributed by atoms with Gasteiger partial charge in [0, 0.05) is 0 Å². The molecule has 0 amide bonds. The third-order valence-electron chi connectivity index (χ3n) is 3.17. The SMILES string of the molecule is CCCCCCCCCCC(COS(=O)(=O)O)C(=O)O. The van der Waals surface area contributed by atoms with Gasteiger partial charge in [-0.2, -0.15) is 8.42 Å². The van der Waals surface area contributed by atoms with Crippen LogP contribution in [0, 0.1) is 5.92 Å². The zero-order chi connectivity index (χ0) is 15.4. The largest absolute Gasteiger partial charge is 0.481 e. The number of hydrogen-bond donors (Lipinski definition) is 2. The molecule has 6 nitrogen and oxygen atoms in total. The van der Waals surface area contributed by atoms with Crippen molar-refractivity contribution >= 4 is 16.4 Å². The Hall–Kier alpha value is -0.660. The minimum atomic E-state index is -4.56. The van der Waals surface area contributed by atoms with Gasteiger partial charge < -0.3 is 5.11 Å². The van der Waals surface area contributed by atoms with Crippen molar-refractivity contribution < 1.29 is 27.1 Å². The van der Waals surface area contributed by atoms with Crippen LogP contribution in [0.25, 0.3) is 0 Å². The van der Waals surface area contributed by atoms with Crippen LogP contribution in [0.2, 0.25) is 0 Å². The average molecular weight is 310 g/mol. The molecule has 0 rings (SSSR count). The number of aliphatic carboxylic acids is 1. The van der Waals surface area contributed by atoms with Crippen LogP contribution in [0.3, 0.4) is 0 Å². The Morgan fingerprint density at radius 1 is 1.05 bits per heavy atom. The second kappa shape index (κ2) is 11.0. The van der Waals surface area contributed by atoms with E-state index in [-0.39, 0.29) is 0 Å². The Morgan fingerprint density at radius 2 is 1.55 bits per heavy atom. The van der Waals surface area contributed by atoms with Gasteiger partial charge in [0.2, 0.25) is 0 Å². The minimum Gasteiger partial charge on any atom is -0.481 e. The van der Waals surface area contributed by atoms with Gasteiger partial charge in [0.15, 0.2) is 0 Å². The lowest BCUT2D eigenvalue weighted by atomic mass is 10.0. The molecular formula is C13H26O6S. The Balaban J connectivity index is 3.69. The second-order valence-corrected chi connectivity index (χ2v) is 6.10. The molecule has 0 bridgehead atoms. The van der Waals surface area contributed by atoms with Crippen LogP contribution in [-0.2, 0) is 19.4 Å². The van der Waals surface area contributed by atoms with E-state index in [2.05, 4.69) is 11.1 Å². The molecule has 2 N–H and O–H groups in total. The van der Waals surface area contributed by atoms with Gasteiger partial charge >= 0.3 is 16.4 Å². The molecule has 20 heavy (non-hydrogen) atoms. The number of unbranched alkanes of at least 4 members (excludes halogenated alkanes) is 7. The maximum absolute atomic E-state index is 10.9. The molecule has 0 aliphatic heterocycles. The van der Waals surface area contributed by atoms with Crippen LogP contribution in [0.15, 0.2) is 0 Å². The van der Waals surface area contributed by atoms with Crippen molar-refractivity contribution in [3.63, 3.8) is 0 Å². The zero-order valence-corrected chi connectivity index (χ0v) is 12.9. The molecule has 0 aromatic heterocycles. The maximum atomic E-state index is 10.9. The van der Waals surface area contributed by atoms with Crippen LogP contribution in [0.1, 0.15) is 64.7 Å². The molecule has 0 saturated carbocycles. The summed E-state index contributed by atoms with van der Waals surface area (Å²) in [6.45, 7) is 1.66. The predicted molar refractivity (Wildman–Crippen MR) is 75.9 cm³/mol. The Labute approximate surface area is 121 Å². The number of carboxylic acid groups (broad SMARTS) is 1. The number of carbonyl (C=O) groups is 1. The van der Waals surface area contributed by atoms with E-state index in [9.17, 15) is 13.2 Å². The second-order valence-electron chi connectivity index (χ2n) is 5.01. The first-order chi connectivity index (χ1) is 9.37. The quantitative estimate of drug-likeness (QED) is 0.400. The predicted octanol–water partition coefficient (Wildman–Crippen LogP) is 3.04. The van der Waals surface area contributed by atoms with Gasteiger partial charge in [-0.15, -0.1) is 0 Å². The summed E-state index contributed by atoms with van der Waals surface area (Å²) < 4.78 is 33.3. The monoisotopic (exact) mass is 310 g/mol. The van der Waals surface area contributed by atoms with E-state index in [4.69, 9.17) is 9.66 Å². The normalized spacial score (nSPS) is 13.3. The number of rotatable bonds is 13. The summed E-state index contributed by atoms with van der Waals surface area (Å²) in [4.78, 5) is 10.9. The lowest BCUT2D eigenvalue weighted by Crippen LogP contribution is -2.21. The summed E-state index contributed by atoms with van der Waals surface area (Å²) >= 11 is 0. The highest BCUT2D eigenvalue weighted by molar-refractivity contribution is 7.80. The molecular weight excluding hydrogens is 284 g/mol. The van der Waals surface area contributed by atoms with Gasteiger partial charge in [-0.1, -0.05) is 58.3 Å². The van der Waals surface area contributed by atoms with Crippen molar-refractivity contribution in [2.24, 2.45) is 5.92 Å². The molecule has 0 fully saturated rings. The highest BCUT2D eigenvalue weighted by Gasteiger charge is 2.20. The highest BCUT2D eigenvalue weighted by Crippen LogP contribution is 2.14. The fourth-order valence-corrected chi connectivity index (χ4v) is 2.31. The lowest BCUT2D eigenvalue weighted by Gasteiger charge is -2.10. The van der Waals surface area contributed by atoms with Gasteiger partial charge in [-0.05, 0) is 6.42 Å². The Morgan fingerprint density at radius 3 is 2.00 bits per heavy atom. The Kier molecular flexibility index (Phi) is 10.7. The molecule has 120 valence electrons. The molecule has 0 spiro atoms. The van der Waals surface area contributed by atoms with Gasteiger partial charge in [-0.25, -0.2) is 4.18 Å². The maximum Gasteiger partial charge on any atom is 0.397 e. The van der Waals surface area contributed by atoms with E-state index in [1.165, 1.54) is 25.7 Å². The van der Waals surface area contributed by atoms with Crippen LogP contribution >= 0.6 is 0 Å². The van der Waals surface area contributed by atoms with E-state index in [0.717, 1.165) is 25.7 Å². The molecule has 0 saturated heterocycles. The van der Waals surface area contributed by atoms with Crippen molar-refractivity contribution in [1.29, 1.82) is 0 Å². The first kappa shape index (κ1) is 19.3. The fraction of sp³-hybridized carbons (Fsp3) is 0.923. The van der Waals surface area contributed by atoms with Crippen LogP contribution in [0.5, 0.6) is 0 Å². The average Bonchev–Trinajstić information content (AvgIpc) is 2.34. The zero-order valence-electron chi connectivity index (χ0n) is 12.1. The highest BCUT2D eigenvalue weighted by atomic mass is 32.3. The van der Waals surface area contributed by atoms with Gasteiger partial charge in [0.25, 0.3) is 0 Å². The van der Waals surface area contributed by atoms with E-state index in [1.807, 2.05) is 0 Å². The van der Waals surface area contributed by atoms with E-state index >= 15 is 0 Å². The third-order valence-corrected chi connectivity index (χ3v) is 3.61. The first-order valence-corrected chi connectivity index (χ1v) is 8.58.